The largest absolute Gasteiger partial charge is 0.381 e. The lowest BCUT2D eigenvalue weighted by molar-refractivity contribution is 0.0385. The van der Waals surface area contributed by atoms with E-state index in [-0.39, 0.29) is 0 Å². The predicted octanol–water partition coefficient (Wildman–Crippen LogP) is 8.52. The molecule has 0 aliphatic carbocycles. The van der Waals surface area contributed by atoms with Gasteiger partial charge in [0, 0.05) is 51.5 Å². The molecule has 0 aromatic heterocycles. The first-order chi connectivity index (χ1) is 20.0. The molecule has 0 bridgehead atoms. The molecule has 228 valence electrons. The van der Waals surface area contributed by atoms with Crippen LogP contribution in [0.4, 0.5) is 0 Å². The highest BCUT2D eigenvalue weighted by molar-refractivity contribution is 5.15. The van der Waals surface area contributed by atoms with Crippen LogP contribution in [0, 0.1) is 23.7 Å². The summed E-state index contributed by atoms with van der Waals surface area (Å²) in [5.41, 5.74) is 2.95. The zero-order valence-corrected chi connectivity index (χ0v) is 26.9. The van der Waals surface area contributed by atoms with Crippen molar-refractivity contribution >= 4 is 0 Å². The van der Waals surface area contributed by atoms with Crippen LogP contribution in [0.15, 0.2) is 60.7 Å². The molecule has 4 rings (SSSR count). The number of hydrogen-bond acceptors (Lipinski definition) is 3. The summed E-state index contributed by atoms with van der Waals surface area (Å²) in [4.78, 5) is 5.63. The van der Waals surface area contributed by atoms with E-state index in [1.54, 1.807) is 0 Å². The van der Waals surface area contributed by atoms with E-state index in [9.17, 15) is 0 Å². The van der Waals surface area contributed by atoms with Gasteiger partial charge < -0.3 is 4.74 Å². The third-order valence-electron chi connectivity index (χ3n) is 9.71. The standard InChI is InChI=1S/C38H60N2O/c1-31-25-32(2)28-39(27-31)37(19-11-17-35-13-7-5-8-14-35)21-23-41-24-22-38(40-29-33(3)26-34(4)30-40)20-12-18-36-15-9-6-10-16-36/h5-10,13-16,31-34,37-38H,11-12,17-30H2,1-4H3/t31-,32+,33-,34+,37?,38?. The van der Waals surface area contributed by atoms with E-state index >= 15 is 0 Å². The number of benzene rings is 2. The van der Waals surface area contributed by atoms with Crippen LogP contribution in [-0.4, -0.2) is 61.3 Å². The molecule has 0 N–H and O–H groups in total. The van der Waals surface area contributed by atoms with Crippen LogP contribution >= 0.6 is 0 Å². The Kier molecular flexibility index (Phi) is 13.7. The molecule has 3 nitrogen and oxygen atoms in total. The minimum Gasteiger partial charge on any atom is -0.381 e. The summed E-state index contributed by atoms with van der Waals surface area (Å²) in [7, 11) is 0. The molecule has 0 saturated carbocycles. The van der Waals surface area contributed by atoms with Gasteiger partial charge in [-0.2, -0.15) is 0 Å². The number of likely N-dealkylation sites (tertiary alicyclic amines) is 2. The molecular formula is C38H60N2O. The average Bonchev–Trinajstić information content (AvgIpc) is 2.95. The molecule has 2 aromatic carbocycles. The first-order valence-corrected chi connectivity index (χ1v) is 17.1. The van der Waals surface area contributed by atoms with E-state index in [4.69, 9.17) is 4.74 Å². The quantitative estimate of drug-likeness (QED) is 0.191. The predicted molar refractivity (Wildman–Crippen MR) is 175 cm³/mol. The normalized spacial score (nSPS) is 25.7. The minimum absolute atomic E-state index is 0.648. The first-order valence-electron chi connectivity index (χ1n) is 17.1. The van der Waals surface area contributed by atoms with Crippen LogP contribution in [-0.2, 0) is 17.6 Å². The van der Waals surface area contributed by atoms with Gasteiger partial charge in [0.25, 0.3) is 0 Å². The van der Waals surface area contributed by atoms with Crippen LogP contribution in [0.1, 0.15) is 90.2 Å². The molecule has 2 unspecified atom stereocenters. The molecule has 0 radical (unpaired) electrons. The topological polar surface area (TPSA) is 15.7 Å². The van der Waals surface area contributed by atoms with E-state index in [0.717, 1.165) is 36.9 Å². The van der Waals surface area contributed by atoms with Gasteiger partial charge in [0.15, 0.2) is 0 Å². The summed E-state index contributed by atoms with van der Waals surface area (Å²) in [5.74, 6) is 3.23. The fourth-order valence-corrected chi connectivity index (χ4v) is 7.95. The Bertz CT molecular complexity index is 852. The van der Waals surface area contributed by atoms with Gasteiger partial charge in [-0.25, -0.2) is 0 Å². The smallest absolute Gasteiger partial charge is 0.0480 e. The van der Waals surface area contributed by atoms with E-state index in [0.29, 0.717) is 12.1 Å². The number of piperidine rings is 2. The molecule has 0 amide bonds. The first kappa shape index (κ1) is 32.2. The summed E-state index contributed by atoms with van der Waals surface area (Å²) in [5, 5.41) is 0. The van der Waals surface area contributed by atoms with Gasteiger partial charge in [0.05, 0.1) is 0 Å². The average molecular weight is 561 g/mol. The molecule has 2 aliphatic rings. The van der Waals surface area contributed by atoms with Gasteiger partial charge in [-0.15, -0.1) is 0 Å². The molecule has 3 heteroatoms. The van der Waals surface area contributed by atoms with Crippen molar-refractivity contribution < 1.29 is 4.74 Å². The summed E-state index contributed by atoms with van der Waals surface area (Å²) in [6.45, 7) is 16.6. The SMILES string of the molecule is C[C@@H]1C[C@H](C)CN(C(CCCc2ccccc2)CCOCCC(CCCc2ccccc2)N2C[C@H](C)C[C@H](C)C2)C1. The second-order valence-corrected chi connectivity index (χ2v) is 14.1. The van der Waals surface area contributed by atoms with Gasteiger partial charge in [-0.05, 0) is 99.0 Å². The Morgan fingerprint density at radius 2 is 0.927 bits per heavy atom. The minimum atomic E-state index is 0.648. The number of nitrogens with zero attached hydrogens (tertiary/aromatic N) is 2. The van der Waals surface area contributed by atoms with Gasteiger partial charge in [0.2, 0.25) is 0 Å². The molecule has 2 saturated heterocycles. The fraction of sp³-hybridized carbons (Fsp3) is 0.684. The van der Waals surface area contributed by atoms with Crippen molar-refractivity contribution in [2.75, 3.05) is 39.4 Å². The van der Waals surface area contributed by atoms with Gasteiger partial charge in [-0.3, -0.25) is 9.80 Å². The van der Waals surface area contributed by atoms with Crippen molar-refractivity contribution in [3.05, 3.63) is 71.8 Å². The van der Waals surface area contributed by atoms with E-state index < -0.39 is 0 Å². The lowest BCUT2D eigenvalue weighted by Gasteiger charge is -2.41. The third kappa shape index (κ3) is 11.5. The monoisotopic (exact) mass is 560 g/mol. The van der Waals surface area contributed by atoms with Crippen molar-refractivity contribution in [3.8, 4) is 0 Å². The maximum Gasteiger partial charge on any atom is 0.0480 e. The van der Waals surface area contributed by atoms with Crippen molar-refractivity contribution in [3.63, 3.8) is 0 Å². The second kappa shape index (κ2) is 17.4. The highest BCUT2D eigenvalue weighted by atomic mass is 16.5. The van der Waals surface area contributed by atoms with Gasteiger partial charge in [0.1, 0.15) is 0 Å². The van der Waals surface area contributed by atoms with Gasteiger partial charge >= 0.3 is 0 Å². The Morgan fingerprint density at radius 1 is 0.561 bits per heavy atom. The summed E-state index contributed by atoms with van der Waals surface area (Å²) < 4.78 is 6.46. The Labute approximate surface area is 253 Å². The molecule has 2 aliphatic heterocycles. The summed E-state index contributed by atoms with van der Waals surface area (Å²) >= 11 is 0. The maximum atomic E-state index is 6.46. The maximum absolute atomic E-state index is 6.46. The van der Waals surface area contributed by atoms with Crippen LogP contribution < -0.4 is 0 Å². The Balaban J connectivity index is 1.26. The van der Waals surface area contributed by atoms with Crippen molar-refractivity contribution in [1.82, 2.24) is 9.80 Å². The zero-order chi connectivity index (χ0) is 28.9. The summed E-state index contributed by atoms with van der Waals surface area (Å²) in [6, 6.07) is 23.4. The Morgan fingerprint density at radius 3 is 1.29 bits per heavy atom. The molecule has 6 atom stereocenters. The molecule has 2 aromatic rings. The zero-order valence-electron chi connectivity index (χ0n) is 26.9. The summed E-state index contributed by atoms with van der Waals surface area (Å²) in [6.07, 6.45) is 12.6. The van der Waals surface area contributed by atoms with Gasteiger partial charge in [-0.1, -0.05) is 88.4 Å². The molecular weight excluding hydrogens is 500 g/mol. The number of hydrogen-bond donors (Lipinski definition) is 0. The molecule has 2 heterocycles. The highest BCUT2D eigenvalue weighted by Crippen LogP contribution is 2.27. The third-order valence-corrected chi connectivity index (χ3v) is 9.71. The Hall–Kier alpha value is -1.68. The fourth-order valence-electron chi connectivity index (χ4n) is 7.95. The van der Waals surface area contributed by atoms with E-state index in [2.05, 4.69) is 98.2 Å². The van der Waals surface area contributed by atoms with Crippen LogP contribution in [0.25, 0.3) is 0 Å². The van der Waals surface area contributed by atoms with Crippen LogP contribution in [0.5, 0.6) is 0 Å². The van der Waals surface area contributed by atoms with Crippen molar-refractivity contribution in [2.24, 2.45) is 23.7 Å². The molecule has 2 fully saturated rings. The van der Waals surface area contributed by atoms with Crippen molar-refractivity contribution in [1.29, 1.82) is 0 Å². The molecule has 41 heavy (non-hydrogen) atoms. The van der Waals surface area contributed by atoms with E-state index in [1.165, 1.54) is 102 Å². The highest BCUT2D eigenvalue weighted by Gasteiger charge is 2.28. The van der Waals surface area contributed by atoms with Crippen molar-refractivity contribution in [2.45, 2.75) is 104 Å². The molecule has 0 spiro atoms. The lowest BCUT2D eigenvalue weighted by Crippen LogP contribution is -2.46. The lowest BCUT2D eigenvalue weighted by atomic mass is 9.89. The van der Waals surface area contributed by atoms with Crippen LogP contribution in [0.3, 0.4) is 0 Å². The number of ether oxygens (including phenoxy) is 1. The number of rotatable bonds is 16. The van der Waals surface area contributed by atoms with E-state index in [1.807, 2.05) is 0 Å². The number of aryl methyl sites for hydroxylation is 2. The second-order valence-electron chi connectivity index (χ2n) is 14.1. The van der Waals surface area contributed by atoms with Crippen LogP contribution in [0.2, 0.25) is 0 Å².